The lowest BCUT2D eigenvalue weighted by Crippen LogP contribution is -2.37. The van der Waals surface area contributed by atoms with Crippen molar-refractivity contribution >= 4 is 5.91 Å². The van der Waals surface area contributed by atoms with Crippen molar-refractivity contribution < 1.29 is 9.90 Å². The highest BCUT2D eigenvalue weighted by atomic mass is 16.3. The van der Waals surface area contributed by atoms with Crippen molar-refractivity contribution in [3.63, 3.8) is 0 Å². The van der Waals surface area contributed by atoms with E-state index in [1.54, 1.807) is 24.2 Å². The molecule has 0 spiro atoms. The number of amides is 1. The Balaban J connectivity index is 1.96. The number of aliphatic hydroxyl groups excluding tert-OH is 1. The third-order valence-electron chi connectivity index (χ3n) is 4.30. The minimum atomic E-state index is -0.235. The predicted octanol–water partition coefficient (Wildman–Crippen LogP) is 2.99. The van der Waals surface area contributed by atoms with Crippen molar-refractivity contribution in [3.05, 3.63) is 72.4 Å². The second-order valence-electron chi connectivity index (χ2n) is 5.99. The van der Waals surface area contributed by atoms with E-state index in [0.29, 0.717) is 5.56 Å². The fourth-order valence-electron chi connectivity index (χ4n) is 2.63. The van der Waals surface area contributed by atoms with Gasteiger partial charge in [-0.3, -0.25) is 4.79 Å². The summed E-state index contributed by atoms with van der Waals surface area (Å²) in [6.45, 7) is 1.74. The first-order chi connectivity index (χ1) is 12.1. The van der Waals surface area contributed by atoms with Gasteiger partial charge in [0.05, 0.1) is 30.2 Å². The van der Waals surface area contributed by atoms with Crippen molar-refractivity contribution in [1.29, 1.82) is 0 Å². The number of likely N-dealkylation sites (N-methyl/N-ethyl adjacent to an activating group) is 1. The first-order valence-electron chi connectivity index (χ1n) is 8.19. The summed E-state index contributed by atoms with van der Waals surface area (Å²) in [7, 11) is 1.69. The molecule has 1 atom stereocenters. The first kappa shape index (κ1) is 16.9. The number of nitrogens with zero attached hydrogens (tertiary/aromatic N) is 3. The molecule has 1 amide bonds. The van der Waals surface area contributed by atoms with E-state index in [4.69, 9.17) is 0 Å². The molecule has 0 aliphatic heterocycles. The molecule has 0 saturated heterocycles. The molecule has 5 heteroatoms. The Bertz CT molecular complexity index is 858. The number of rotatable bonds is 5. The maximum absolute atomic E-state index is 12.6. The maximum Gasteiger partial charge on any atom is 0.253 e. The summed E-state index contributed by atoms with van der Waals surface area (Å²) in [5.74, 6) is -0.128. The van der Waals surface area contributed by atoms with Gasteiger partial charge in [0.1, 0.15) is 0 Å². The summed E-state index contributed by atoms with van der Waals surface area (Å²) in [5.41, 5.74) is 3.40. The third kappa shape index (κ3) is 3.46. The van der Waals surface area contributed by atoms with E-state index >= 15 is 0 Å². The molecular weight excluding hydrogens is 314 g/mol. The molecular formula is C20H21N3O2. The minimum Gasteiger partial charge on any atom is -0.394 e. The number of aromatic nitrogens is 2. The van der Waals surface area contributed by atoms with Gasteiger partial charge in [0.25, 0.3) is 5.91 Å². The van der Waals surface area contributed by atoms with Crippen LogP contribution in [0.5, 0.6) is 0 Å². The Kier molecular flexibility index (Phi) is 4.95. The maximum atomic E-state index is 12.6. The number of carbonyl (C=O) groups is 1. The molecule has 0 radical (unpaired) electrons. The first-order valence-corrected chi connectivity index (χ1v) is 8.19. The Morgan fingerprint density at radius 3 is 2.64 bits per heavy atom. The third-order valence-corrected chi connectivity index (χ3v) is 4.30. The van der Waals surface area contributed by atoms with Crippen LogP contribution in [0.1, 0.15) is 17.3 Å². The van der Waals surface area contributed by atoms with Gasteiger partial charge in [-0.15, -0.1) is 0 Å². The second kappa shape index (κ2) is 7.32. The molecule has 0 bridgehead atoms. The van der Waals surface area contributed by atoms with E-state index in [2.05, 4.69) is 5.10 Å². The van der Waals surface area contributed by atoms with Crippen molar-refractivity contribution in [2.45, 2.75) is 13.0 Å². The van der Waals surface area contributed by atoms with Crippen molar-refractivity contribution in [2.75, 3.05) is 13.7 Å². The molecule has 1 heterocycles. The molecule has 0 fully saturated rings. The quantitative estimate of drug-likeness (QED) is 0.780. The highest BCUT2D eigenvalue weighted by molar-refractivity contribution is 5.94. The molecule has 1 N–H and O–H groups in total. The molecule has 3 rings (SSSR count). The highest BCUT2D eigenvalue weighted by Crippen LogP contribution is 2.22. The summed E-state index contributed by atoms with van der Waals surface area (Å²) in [6.07, 6.45) is 1.75. The Morgan fingerprint density at radius 2 is 1.92 bits per heavy atom. The number of aliphatic hydroxyl groups is 1. The lowest BCUT2D eigenvalue weighted by molar-refractivity contribution is 0.0682. The fraction of sp³-hybridized carbons (Fsp3) is 0.200. The number of carbonyl (C=O) groups excluding carboxylic acids is 1. The smallest absolute Gasteiger partial charge is 0.253 e. The molecule has 1 unspecified atom stereocenters. The van der Waals surface area contributed by atoms with Crippen LogP contribution < -0.4 is 0 Å². The zero-order valence-electron chi connectivity index (χ0n) is 14.3. The predicted molar refractivity (Wildman–Crippen MR) is 97.6 cm³/mol. The summed E-state index contributed by atoms with van der Waals surface area (Å²) in [6, 6.07) is 19.1. The number of hydrogen-bond donors (Lipinski definition) is 1. The second-order valence-corrected chi connectivity index (χ2v) is 5.99. The van der Waals surface area contributed by atoms with Gasteiger partial charge in [0.2, 0.25) is 0 Å². The van der Waals surface area contributed by atoms with E-state index in [-0.39, 0.29) is 18.6 Å². The molecule has 25 heavy (non-hydrogen) atoms. The van der Waals surface area contributed by atoms with Gasteiger partial charge in [-0.05, 0) is 31.2 Å². The minimum absolute atomic E-state index is 0.0702. The monoisotopic (exact) mass is 335 g/mol. The van der Waals surface area contributed by atoms with E-state index in [0.717, 1.165) is 16.9 Å². The average Bonchev–Trinajstić information content (AvgIpc) is 3.17. The van der Waals surface area contributed by atoms with Crippen LogP contribution in [-0.2, 0) is 0 Å². The standard InChI is InChI=1S/C20H21N3O2/c1-15(14-24)22(2)20(25)17-9-6-10-18(13-17)23-19(11-12-21-23)16-7-4-3-5-8-16/h3-13,15,24H,14H2,1-2H3. The van der Waals surface area contributed by atoms with Crippen LogP contribution in [0.4, 0.5) is 0 Å². The largest absolute Gasteiger partial charge is 0.394 e. The Morgan fingerprint density at radius 1 is 1.16 bits per heavy atom. The van der Waals surface area contributed by atoms with E-state index < -0.39 is 0 Å². The van der Waals surface area contributed by atoms with Crippen LogP contribution in [-0.4, -0.2) is 45.4 Å². The van der Waals surface area contributed by atoms with Gasteiger partial charge in [0.15, 0.2) is 0 Å². The lowest BCUT2D eigenvalue weighted by atomic mass is 10.1. The SMILES string of the molecule is CC(CO)N(C)C(=O)c1cccc(-n2nccc2-c2ccccc2)c1. The van der Waals surface area contributed by atoms with E-state index in [9.17, 15) is 9.90 Å². The molecule has 1 aromatic heterocycles. The van der Waals surface area contributed by atoms with Gasteiger partial charge in [0, 0.05) is 18.2 Å². The summed E-state index contributed by atoms with van der Waals surface area (Å²) in [5, 5.41) is 13.7. The van der Waals surface area contributed by atoms with Gasteiger partial charge < -0.3 is 10.0 Å². The molecule has 5 nitrogen and oxygen atoms in total. The molecule has 0 aliphatic rings. The molecule has 0 aliphatic carbocycles. The van der Waals surface area contributed by atoms with Crippen molar-refractivity contribution in [1.82, 2.24) is 14.7 Å². The highest BCUT2D eigenvalue weighted by Gasteiger charge is 2.17. The molecule has 3 aromatic rings. The molecule has 2 aromatic carbocycles. The van der Waals surface area contributed by atoms with Crippen molar-refractivity contribution in [3.8, 4) is 16.9 Å². The number of benzene rings is 2. The van der Waals surface area contributed by atoms with Crippen LogP contribution in [0.2, 0.25) is 0 Å². The topological polar surface area (TPSA) is 58.4 Å². The lowest BCUT2D eigenvalue weighted by Gasteiger charge is -2.23. The summed E-state index contributed by atoms with van der Waals surface area (Å²) in [4.78, 5) is 14.1. The molecule has 0 saturated carbocycles. The summed E-state index contributed by atoms with van der Waals surface area (Å²) < 4.78 is 1.82. The fourth-order valence-corrected chi connectivity index (χ4v) is 2.63. The molecule has 128 valence electrons. The van der Waals surface area contributed by atoms with Crippen LogP contribution in [0.3, 0.4) is 0 Å². The van der Waals surface area contributed by atoms with Crippen LogP contribution in [0.15, 0.2) is 66.9 Å². The average molecular weight is 335 g/mol. The van der Waals surface area contributed by atoms with Crippen LogP contribution in [0, 0.1) is 0 Å². The van der Waals surface area contributed by atoms with Crippen LogP contribution in [0.25, 0.3) is 16.9 Å². The van der Waals surface area contributed by atoms with Gasteiger partial charge >= 0.3 is 0 Å². The van der Waals surface area contributed by atoms with E-state index in [1.807, 2.05) is 66.2 Å². The normalized spacial score (nSPS) is 12.0. The van der Waals surface area contributed by atoms with Gasteiger partial charge in [-0.25, -0.2) is 4.68 Å². The van der Waals surface area contributed by atoms with Crippen LogP contribution >= 0.6 is 0 Å². The van der Waals surface area contributed by atoms with Crippen molar-refractivity contribution in [2.24, 2.45) is 0 Å². The Hall–Kier alpha value is -2.92. The van der Waals surface area contributed by atoms with Gasteiger partial charge in [-0.1, -0.05) is 36.4 Å². The Labute approximate surface area is 147 Å². The zero-order chi connectivity index (χ0) is 17.8. The number of hydrogen-bond acceptors (Lipinski definition) is 3. The van der Waals surface area contributed by atoms with Gasteiger partial charge in [-0.2, -0.15) is 5.10 Å². The summed E-state index contributed by atoms with van der Waals surface area (Å²) >= 11 is 0. The van der Waals surface area contributed by atoms with E-state index in [1.165, 1.54) is 0 Å². The zero-order valence-corrected chi connectivity index (χ0v) is 14.3.